The molecule has 1 N–H and O–H groups in total. The molecule has 5 nitrogen and oxygen atoms in total. The lowest BCUT2D eigenvalue weighted by Gasteiger charge is -2.55. The lowest BCUT2D eigenvalue weighted by Crippen LogP contribution is -2.53. The highest BCUT2D eigenvalue weighted by molar-refractivity contribution is 5.31. The SMILES string of the molecule is C[C@]12CC[C@@H]3C4=C(CC5(CC4)OCCO5)[C@H](O)C[C@H]3[C@@H]1CCC21OCCO1. The molecule has 5 heteroatoms. The van der Waals surface area contributed by atoms with Gasteiger partial charge in [-0.25, -0.2) is 0 Å². The molecule has 0 amide bonds. The molecule has 5 atom stereocenters. The normalized spacial score (nSPS) is 47.3. The number of rotatable bonds is 0. The van der Waals surface area contributed by atoms with Crippen LogP contribution in [0.1, 0.15) is 58.3 Å². The predicted molar refractivity (Wildman–Crippen MR) is 97.8 cm³/mol. The van der Waals surface area contributed by atoms with Crippen molar-refractivity contribution in [1.29, 1.82) is 0 Å². The number of allylic oxidation sites excluding steroid dienone is 1. The van der Waals surface area contributed by atoms with Gasteiger partial charge in [-0.2, -0.15) is 0 Å². The van der Waals surface area contributed by atoms with Crippen molar-refractivity contribution in [3.05, 3.63) is 11.1 Å². The van der Waals surface area contributed by atoms with E-state index in [0.29, 0.717) is 31.0 Å². The molecule has 6 aliphatic rings. The van der Waals surface area contributed by atoms with Crippen molar-refractivity contribution >= 4 is 0 Å². The topological polar surface area (TPSA) is 57.2 Å². The Bertz CT molecular complexity index is 660. The monoisotopic (exact) mass is 376 g/mol. The van der Waals surface area contributed by atoms with E-state index in [4.69, 9.17) is 18.9 Å². The van der Waals surface area contributed by atoms with Crippen molar-refractivity contribution in [2.45, 2.75) is 76.0 Å². The molecule has 27 heavy (non-hydrogen) atoms. The standard InChI is InChI=1S/C22H32O5/c1-20-5-2-14-15-3-6-21(24-8-9-25-21)13-17(15)19(23)12-16(14)18(20)4-7-22(20)26-10-11-27-22/h14,16,18-19,23H,2-13H2,1H3/t14-,16-,18+,19-,20+/m1/s1. The predicted octanol–water partition coefficient (Wildman–Crippen LogP) is 3.16. The van der Waals surface area contributed by atoms with Crippen LogP contribution in [-0.4, -0.2) is 49.2 Å². The van der Waals surface area contributed by atoms with Crippen LogP contribution in [0, 0.1) is 23.2 Å². The first-order valence-electron chi connectivity index (χ1n) is 11.0. The Kier molecular flexibility index (Phi) is 3.73. The van der Waals surface area contributed by atoms with E-state index in [2.05, 4.69) is 6.92 Å². The maximum atomic E-state index is 11.1. The minimum atomic E-state index is -0.446. The van der Waals surface area contributed by atoms with Gasteiger partial charge in [0.1, 0.15) is 0 Å². The highest BCUT2D eigenvalue weighted by atomic mass is 16.7. The molecule has 0 aromatic heterocycles. The fraction of sp³-hybridized carbons (Fsp3) is 0.909. The van der Waals surface area contributed by atoms with Gasteiger partial charge in [-0.05, 0) is 55.4 Å². The van der Waals surface area contributed by atoms with E-state index in [1.807, 2.05) is 0 Å². The minimum absolute atomic E-state index is 0.0933. The summed E-state index contributed by atoms with van der Waals surface area (Å²) in [5, 5.41) is 11.1. The Morgan fingerprint density at radius 3 is 2.41 bits per heavy atom. The van der Waals surface area contributed by atoms with E-state index in [0.717, 1.165) is 45.3 Å². The van der Waals surface area contributed by atoms with Crippen LogP contribution in [0.5, 0.6) is 0 Å². The molecule has 2 spiro atoms. The molecular weight excluding hydrogens is 344 g/mol. The van der Waals surface area contributed by atoms with Crippen molar-refractivity contribution in [2.24, 2.45) is 23.2 Å². The van der Waals surface area contributed by atoms with Crippen LogP contribution in [0.4, 0.5) is 0 Å². The van der Waals surface area contributed by atoms with Gasteiger partial charge in [-0.3, -0.25) is 0 Å². The fourth-order valence-corrected chi connectivity index (χ4v) is 7.81. The highest BCUT2D eigenvalue weighted by Crippen LogP contribution is 2.66. The Labute approximate surface area is 161 Å². The van der Waals surface area contributed by atoms with Gasteiger partial charge < -0.3 is 24.1 Å². The minimum Gasteiger partial charge on any atom is -0.389 e. The highest BCUT2D eigenvalue weighted by Gasteiger charge is 2.65. The average Bonchev–Trinajstić information content (AvgIpc) is 3.38. The molecule has 0 bridgehead atoms. The van der Waals surface area contributed by atoms with Gasteiger partial charge in [0, 0.05) is 24.7 Å². The van der Waals surface area contributed by atoms with Crippen molar-refractivity contribution < 1.29 is 24.1 Å². The van der Waals surface area contributed by atoms with Crippen LogP contribution >= 0.6 is 0 Å². The molecule has 0 aromatic carbocycles. The third-order valence-electron chi connectivity index (χ3n) is 9.04. The van der Waals surface area contributed by atoms with Gasteiger partial charge >= 0.3 is 0 Å². The first kappa shape index (κ1) is 17.4. The Morgan fingerprint density at radius 2 is 1.63 bits per heavy atom. The van der Waals surface area contributed by atoms with Crippen LogP contribution in [0.15, 0.2) is 11.1 Å². The third-order valence-corrected chi connectivity index (χ3v) is 9.04. The number of fused-ring (bicyclic) bond motifs is 5. The lowest BCUT2D eigenvalue weighted by atomic mass is 9.53. The number of hydrogen-bond donors (Lipinski definition) is 1. The zero-order valence-corrected chi connectivity index (χ0v) is 16.4. The van der Waals surface area contributed by atoms with Crippen LogP contribution in [-0.2, 0) is 18.9 Å². The van der Waals surface area contributed by atoms with Crippen molar-refractivity contribution in [3.8, 4) is 0 Å². The fourth-order valence-electron chi connectivity index (χ4n) is 7.81. The summed E-state index contributed by atoms with van der Waals surface area (Å²) < 4.78 is 24.4. The summed E-state index contributed by atoms with van der Waals surface area (Å²) in [6.45, 7) is 5.24. The van der Waals surface area contributed by atoms with Crippen LogP contribution in [0.2, 0.25) is 0 Å². The van der Waals surface area contributed by atoms with E-state index in [1.165, 1.54) is 24.8 Å². The first-order chi connectivity index (χ1) is 13.1. The summed E-state index contributed by atoms with van der Waals surface area (Å²) in [4.78, 5) is 0. The average molecular weight is 376 g/mol. The molecule has 150 valence electrons. The second-order valence-electron chi connectivity index (χ2n) is 9.91. The van der Waals surface area contributed by atoms with Gasteiger partial charge in [-0.1, -0.05) is 12.5 Å². The quantitative estimate of drug-likeness (QED) is 0.658. The largest absolute Gasteiger partial charge is 0.389 e. The summed E-state index contributed by atoms with van der Waals surface area (Å²) in [6.07, 6.45) is 7.84. The number of ether oxygens (including phenoxy) is 4. The molecule has 2 heterocycles. The van der Waals surface area contributed by atoms with Crippen molar-refractivity contribution in [1.82, 2.24) is 0 Å². The van der Waals surface area contributed by atoms with E-state index in [-0.39, 0.29) is 17.3 Å². The molecule has 2 saturated carbocycles. The van der Waals surface area contributed by atoms with Gasteiger partial charge in [0.15, 0.2) is 11.6 Å². The van der Waals surface area contributed by atoms with E-state index in [9.17, 15) is 5.11 Å². The van der Waals surface area contributed by atoms with Crippen molar-refractivity contribution in [2.75, 3.05) is 26.4 Å². The van der Waals surface area contributed by atoms with E-state index >= 15 is 0 Å². The maximum absolute atomic E-state index is 11.1. The Balaban J connectivity index is 1.32. The summed E-state index contributed by atoms with van der Waals surface area (Å²) in [5.74, 6) is 0.970. The van der Waals surface area contributed by atoms with E-state index in [1.54, 1.807) is 5.57 Å². The maximum Gasteiger partial charge on any atom is 0.174 e. The van der Waals surface area contributed by atoms with Gasteiger partial charge in [-0.15, -0.1) is 0 Å². The van der Waals surface area contributed by atoms with Gasteiger partial charge in [0.05, 0.1) is 32.5 Å². The molecular formula is C22H32O5. The molecule has 4 fully saturated rings. The number of aliphatic hydroxyl groups excluding tert-OH is 1. The molecule has 2 saturated heterocycles. The van der Waals surface area contributed by atoms with Gasteiger partial charge in [0.2, 0.25) is 0 Å². The smallest absolute Gasteiger partial charge is 0.174 e. The number of hydrogen-bond acceptors (Lipinski definition) is 5. The van der Waals surface area contributed by atoms with Crippen LogP contribution < -0.4 is 0 Å². The Morgan fingerprint density at radius 1 is 0.889 bits per heavy atom. The second kappa shape index (κ2) is 5.79. The summed E-state index contributed by atoms with van der Waals surface area (Å²) in [7, 11) is 0. The van der Waals surface area contributed by atoms with Crippen LogP contribution in [0.3, 0.4) is 0 Å². The zero-order valence-electron chi connectivity index (χ0n) is 16.4. The summed E-state index contributed by atoms with van der Waals surface area (Å²) in [6, 6.07) is 0. The molecule has 0 radical (unpaired) electrons. The van der Waals surface area contributed by atoms with E-state index < -0.39 is 5.79 Å². The zero-order chi connectivity index (χ0) is 18.3. The first-order valence-corrected chi connectivity index (χ1v) is 11.0. The molecule has 0 aromatic rings. The summed E-state index contributed by atoms with van der Waals surface area (Å²) >= 11 is 0. The Hall–Kier alpha value is -0.460. The molecule has 0 unspecified atom stereocenters. The van der Waals surface area contributed by atoms with Crippen LogP contribution in [0.25, 0.3) is 0 Å². The van der Waals surface area contributed by atoms with Gasteiger partial charge in [0.25, 0.3) is 0 Å². The molecule has 4 aliphatic carbocycles. The third kappa shape index (κ3) is 2.24. The summed E-state index contributed by atoms with van der Waals surface area (Å²) in [5.41, 5.74) is 2.88. The van der Waals surface area contributed by atoms with Crippen molar-refractivity contribution in [3.63, 3.8) is 0 Å². The second-order valence-corrected chi connectivity index (χ2v) is 9.91. The lowest BCUT2D eigenvalue weighted by molar-refractivity contribution is -0.239. The molecule has 6 rings (SSSR count). The molecule has 2 aliphatic heterocycles. The number of aliphatic hydroxyl groups is 1.